The van der Waals surface area contributed by atoms with Crippen LogP contribution in [0.25, 0.3) is 0 Å². The van der Waals surface area contributed by atoms with Gasteiger partial charge in [-0.05, 0) is 44.7 Å². The molecule has 6 nitrogen and oxygen atoms in total. The molecule has 23 heavy (non-hydrogen) atoms. The first-order chi connectivity index (χ1) is 11.0. The summed E-state index contributed by atoms with van der Waals surface area (Å²) >= 11 is 0. The number of esters is 1. The van der Waals surface area contributed by atoms with Crippen LogP contribution in [0.4, 0.5) is 11.4 Å². The maximum atomic E-state index is 12.0. The van der Waals surface area contributed by atoms with E-state index in [1.165, 1.54) is 12.5 Å². The minimum absolute atomic E-state index is 0.0270. The van der Waals surface area contributed by atoms with Gasteiger partial charge >= 0.3 is 5.97 Å². The second-order valence-corrected chi connectivity index (χ2v) is 6.02. The quantitative estimate of drug-likeness (QED) is 0.469. The molecule has 0 amide bonds. The molecule has 0 bridgehead atoms. The van der Waals surface area contributed by atoms with Gasteiger partial charge in [0.15, 0.2) is 0 Å². The predicted octanol–water partition coefficient (Wildman–Crippen LogP) is 3.79. The molecule has 126 valence electrons. The van der Waals surface area contributed by atoms with Gasteiger partial charge in [0.05, 0.1) is 11.5 Å². The van der Waals surface area contributed by atoms with Gasteiger partial charge in [-0.3, -0.25) is 10.1 Å². The highest BCUT2D eigenvalue weighted by atomic mass is 16.6. The lowest BCUT2D eigenvalue weighted by Gasteiger charge is -2.39. The molecule has 1 aromatic carbocycles. The van der Waals surface area contributed by atoms with Crippen LogP contribution < -0.4 is 4.90 Å². The summed E-state index contributed by atoms with van der Waals surface area (Å²) in [5.41, 5.74) is 0.670. The van der Waals surface area contributed by atoms with Gasteiger partial charge in [-0.25, -0.2) is 4.79 Å². The summed E-state index contributed by atoms with van der Waals surface area (Å²) in [7, 11) is 0. The van der Waals surface area contributed by atoms with E-state index in [1.807, 2.05) is 0 Å². The summed E-state index contributed by atoms with van der Waals surface area (Å²) in [5, 5.41) is 11.1. The SMILES string of the molecule is CCOC(=O)c1cc(N2CCC(CC)CC2C)ccc1[N+](=O)[O-]. The van der Waals surface area contributed by atoms with Gasteiger partial charge < -0.3 is 9.64 Å². The molecule has 2 atom stereocenters. The van der Waals surface area contributed by atoms with E-state index < -0.39 is 10.9 Å². The number of hydrogen-bond donors (Lipinski definition) is 0. The summed E-state index contributed by atoms with van der Waals surface area (Å²) in [6.45, 7) is 7.15. The molecule has 0 aliphatic carbocycles. The molecule has 0 N–H and O–H groups in total. The Morgan fingerprint density at radius 1 is 1.43 bits per heavy atom. The van der Waals surface area contributed by atoms with E-state index in [0.29, 0.717) is 6.04 Å². The Hall–Kier alpha value is -2.11. The Kier molecular flexibility index (Phi) is 5.58. The molecule has 1 aromatic rings. The third kappa shape index (κ3) is 3.81. The minimum atomic E-state index is -0.642. The van der Waals surface area contributed by atoms with Gasteiger partial charge in [0.1, 0.15) is 5.56 Å². The fraction of sp³-hybridized carbons (Fsp3) is 0.588. The highest BCUT2D eigenvalue weighted by molar-refractivity contribution is 5.95. The molecule has 2 rings (SSSR count). The molecule has 1 fully saturated rings. The van der Waals surface area contributed by atoms with Crippen LogP contribution in [-0.2, 0) is 4.74 Å². The van der Waals surface area contributed by atoms with E-state index in [2.05, 4.69) is 18.7 Å². The zero-order valence-electron chi connectivity index (χ0n) is 13.9. The second-order valence-electron chi connectivity index (χ2n) is 6.02. The van der Waals surface area contributed by atoms with Crippen molar-refractivity contribution in [2.75, 3.05) is 18.1 Å². The van der Waals surface area contributed by atoms with Crippen LogP contribution in [0, 0.1) is 16.0 Å². The number of nitrogens with zero attached hydrogens (tertiary/aromatic N) is 2. The lowest BCUT2D eigenvalue weighted by molar-refractivity contribution is -0.385. The molecular formula is C17H24N2O4. The molecule has 0 saturated carbocycles. The number of piperidine rings is 1. The number of ether oxygens (including phenoxy) is 1. The molecule has 0 aromatic heterocycles. The van der Waals surface area contributed by atoms with Crippen LogP contribution in [0.3, 0.4) is 0 Å². The van der Waals surface area contributed by atoms with Crippen LogP contribution in [0.1, 0.15) is 50.4 Å². The smallest absolute Gasteiger partial charge is 0.345 e. The van der Waals surface area contributed by atoms with E-state index in [1.54, 1.807) is 19.1 Å². The third-order valence-electron chi connectivity index (χ3n) is 4.57. The van der Waals surface area contributed by atoms with Crippen molar-refractivity contribution in [3.8, 4) is 0 Å². The summed E-state index contributed by atoms with van der Waals surface area (Å²) in [6.07, 6.45) is 3.38. The molecular weight excluding hydrogens is 296 g/mol. The van der Waals surface area contributed by atoms with Crippen LogP contribution in [0.2, 0.25) is 0 Å². The topological polar surface area (TPSA) is 72.7 Å². The first-order valence-electron chi connectivity index (χ1n) is 8.20. The number of carbonyl (C=O) groups is 1. The van der Waals surface area contributed by atoms with Crippen LogP contribution >= 0.6 is 0 Å². The van der Waals surface area contributed by atoms with Crippen molar-refractivity contribution in [3.63, 3.8) is 0 Å². The van der Waals surface area contributed by atoms with Gasteiger partial charge in [-0.15, -0.1) is 0 Å². The number of nitro benzene ring substituents is 1. The molecule has 6 heteroatoms. The molecule has 1 aliphatic heterocycles. The second kappa shape index (κ2) is 7.44. The summed E-state index contributed by atoms with van der Waals surface area (Å²) in [4.78, 5) is 24.9. The van der Waals surface area contributed by atoms with Crippen molar-refractivity contribution < 1.29 is 14.5 Å². The van der Waals surface area contributed by atoms with Crippen LogP contribution in [0.15, 0.2) is 18.2 Å². The Morgan fingerprint density at radius 3 is 2.74 bits per heavy atom. The van der Waals surface area contributed by atoms with Gasteiger partial charge in [0.2, 0.25) is 0 Å². The molecule has 0 radical (unpaired) electrons. The van der Waals surface area contributed by atoms with Crippen LogP contribution in [0.5, 0.6) is 0 Å². The lowest BCUT2D eigenvalue weighted by Crippen LogP contribution is -2.40. The largest absolute Gasteiger partial charge is 0.462 e. The highest BCUT2D eigenvalue weighted by Crippen LogP contribution is 2.32. The first kappa shape index (κ1) is 17.2. The zero-order valence-corrected chi connectivity index (χ0v) is 13.9. The maximum Gasteiger partial charge on any atom is 0.345 e. The van der Waals surface area contributed by atoms with Crippen molar-refractivity contribution in [2.45, 2.75) is 46.1 Å². The molecule has 1 saturated heterocycles. The highest BCUT2D eigenvalue weighted by Gasteiger charge is 2.28. The number of hydrogen-bond acceptors (Lipinski definition) is 5. The zero-order chi connectivity index (χ0) is 17.0. The van der Waals surface area contributed by atoms with E-state index in [0.717, 1.165) is 31.0 Å². The maximum absolute atomic E-state index is 12.0. The third-order valence-corrected chi connectivity index (χ3v) is 4.57. The predicted molar refractivity (Wildman–Crippen MR) is 88.9 cm³/mol. The average molecular weight is 320 g/mol. The fourth-order valence-corrected chi connectivity index (χ4v) is 3.26. The van der Waals surface area contributed by atoms with Gasteiger partial charge in [-0.1, -0.05) is 13.3 Å². The van der Waals surface area contributed by atoms with E-state index in [4.69, 9.17) is 4.74 Å². The Balaban J connectivity index is 2.31. The van der Waals surface area contributed by atoms with Crippen molar-refractivity contribution in [1.29, 1.82) is 0 Å². The lowest BCUT2D eigenvalue weighted by atomic mass is 9.89. The van der Waals surface area contributed by atoms with Crippen molar-refractivity contribution in [1.82, 2.24) is 0 Å². The van der Waals surface area contributed by atoms with Crippen molar-refractivity contribution >= 4 is 17.3 Å². The van der Waals surface area contributed by atoms with Crippen molar-refractivity contribution in [2.24, 2.45) is 5.92 Å². The number of anilines is 1. The van der Waals surface area contributed by atoms with E-state index in [9.17, 15) is 14.9 Å². The number of benzene rings is 1. The first-order valence-corrected chi connectivity index (χ1v) is 8.20. The molecule has 0 spiro atoms. The average Bonchev–Trinajstić information content (AvgIpc) is 2.54. The van der Waals surface area contributed by atoms with Gasteiger partial charge in [-0.2, -0.15) is 0 Å². The number of carbonyl (C=O) groups excluding carboxylic acids is 1. The van der Waals surface area contributed by atoms with Gasteiger partial charge in [0, 0.05) is 24.3 Å². The number of nitro groups is 1. The standard InChI is InChI=1S/C17H24N2O4/c1-4-13-8-9-18(12(3)10-13)14-6-7-16(19(21)22)15(11-14)17(20)23-5-2/h6-7,11-13H,4-5,8-10H2,1-3H3. The Labute approximate surface area is 136 Å². The van der Waals surface area contributed by atoms with Crippen molar-refractivity contribution in [3.05, 3.63) is 33.9 Å². The number of rotatable bonds is 5. The monoisotopic (exact) mass is 320 g/mol. The Morgan fingerprint density at radius 2 is 2.17 bits per heavy atom. The van der Waals surface area contributed by atoms with Crippen LogP contribution in [-0.4, -0.2) is 30.1 Å². The molecule has 1 aliphatic rings. The fourth-order valence-electron chi connectivity index (χ4n) is 3.26. The summed E-state index contributed by atoms with van der Waals surface area (Å²) in [6, 6.07) is 5.08. The van der Waals surface area contributed by atoms with E-state index in [-0.39, 0.29) is 17.9 Å². The minimum Gasteiger partial charge on any atom is -0.462 e. The Bertz CT molecular complexity index is 588. The van der Waals surface area contributed by atoms with E-state index >= 15 is 0 Å². The normalized spacial score (nSPS) is 21.1. The van der Waals surface area contributed by atoms with Gasteiger partial charge in [0.25, 0.3) is 5.69 Å². The molecule has 1 heterocycles. The summed E-state index contributed by atoms with van der Waals surface area (Å²) in [5.74, 6) is 0.0842. The summed E-state index contributed by atoms with van der Waals surface area (Å²) < 4.78 is 4.96. The molecule has 2 unspecified atom stereocenters.